The van der Waals surface area contributed by atoms with Crippen molar-refractivity contribution in [1.29, 1.82) is 5.26 Å². The fourth-order valence-electron chi connectivity index (χ4n) is 2.14. The molecule has 0 aliphatic heterocycles. The van der Waals surface area contributed by atoms with Crippen molar-refractivity contribution in [3.05, 3.63) is 59.2 Å². The lowest BCUT2D eigenvalue weighted by atomic mass is 10.1. The van der Waals surface area contributed by atoms with E-state index in [0.717, 1.165) is 11.1 Å². The summed E-state index contributed by atoms with van der Waals surface area (Å²) in [5.41, 5.74) is 8.11. The first-order chi connectivity index (χ1) is 10.3. The van der Waals surface area contributed by atoms with E-state index in [1.54, 1.807) is 13.2 Å². The largest absolute Gasteiger partial charge is 0.493 e. The van der Waals surface area contributed by atoms with Crippen molar-refractivity contribution in [2.45, 2.75) is 13.0 Å². The minimum atomic E-state index is 0.321. The molecule has 0 spiro atoms. The van der Waals surface area contributed by atoms with Gasteiger partial charge < -0.3 is 15.2 Å². The quantitative estimate of drug-likeness (QED) is 0.884. The summed E-state index contributed by atoms with van der Waals surface area (Å²) in [6, 6.07) is 15.3. The summed E-state index contributed by atoms with van der Waals surface area (Å²) in [7, 11) is 1.61. The highest BCUT2D eigenvalue weighted by atomic mass is 16.5. The number of benzene rings is 2. The minimum absolute atomic E-state index is 0.321. The van der Waals surface area contributed by atoms with Crippen LogP contribution in [-0.2, 0) is 13.0 Å². The molecule has 0 aromatic heterocycles. The highest BCUT2D eigenvalue weighted by Crippen LogP contribution is 2.32. The van der Waals surface area contributed by atoms with Crippen molar-refractivity contribution in [3.8, 4) is 17.6 Å². The summed E-state index contributed by atoms with van der Waals surface area (Å²) in [5, 5.41) is 9.11. The van der Waals surface area contributed by atoms with Crippen LogP contribution in [0.4, 0.5) is 0 Å². The smallest absolute Gasteiger partial charge is 0.164 e. The second kappa shape index (κ2) is 7.32. The Bertz CT molecular complexity index is 647. The summed E-state index contributed by atoms with van der Waals surface area (Å²) >= 11 is 0. The summed E-state index contributed by atoms with van der Waals surface area (Å²) in [4.78, 5) is 0. The lowest BCUT2D eigenvalue weighted by Crippen LogP contribution is -2.07. The fraction of sp³-hybridized carbons (Fsp3) is 0.235. The molecule has 2 aromatic rings. The van der Waals surface area contributed by atoms with E-state index >= 15 is 0 Å². The molecule has 2 N–H and O–H groups in total. The Labute approximate surface area is 124 Å². The van der Waals surface area contributed by atoms with Crippen LogP contribution in [0.5, 0.6) is 11.5 Å². The van der Waals surface area contributed by atoms with Gasteiger partial charge in [-0.2, -0.15) is 5.26 Å². The molecule has 0 heterocycles. The Morgan fingerprint density at radius 2 is 1.86 bits per heavy atom. The van der Waals surface area contributed by atoms with Crippen molar-refractivity contribution in [3.63, 3.8) is 0 Å². The molecule has 2 aromatic carbocycles. The van der Waals surface area contributed by atoms with E-state index in [2.05, 4.69) is 6.07 Å². The molecule has 0 saturated heterocycles. The van der Waals surface area contributed by atoms with Crippen molar-refractivity contribution in [2.24, 2.45) is 5.73 Å². The van der Waals surface area contributed by atoms with Gasteiger partial charge in [0, 0.05) is 5.56 Å². The molecule has 0 unspecified atom stereocenters. The van der Waals surface area contributed by atoms with Crippen LogP contribution in [0.2, 0.25) is 0 Å². The molecular weight excluding hydrogens is 264 g/mol. The van der Waals surface area contributed by atoms with Gasteiger partial charge in [0.05, 0.1) is 18.7 Å². The van der Waals surface area contributed by atoms with E-state index in [-0.39, 0.29) is 0 Å². The predicted molar refractivity (Wildman–Crippen MR) is 81.2 cm³/mol. The lowest BCUT2D eigenvalue weighted by molar-refractivity contribution is 0.281. The normalized spacial score (nSPS) is 9.95. The van der Waals surface area contributed by atoms with E-state index in [9.17, 15) is 0 Å². The van der Waals surface area contributed by atoms with Gasteiger partial charge >= 0.3 is 0 Å². The average molecular weight is 282 g/mol. The zero-order chi connectivity index (χ0) is 15.1. The lowest BCUT2D eigenvalue weighted by Gasteiger charge is -2.15. The van der Waals surface area contributed by atoms with Crippen LogP contribution >= 0.6 is 0 Å². The van der Waals surface area contributed by atoms with Gasteiger partial charge in [-0.15, -0.1) is 0 Å². The third-order valence-electron chi connectivity index (χ3n) is 3.20. The molecule has 0 radical (unpaired) electrons. The maximum Gasteiger partial charge on any atom is 0.164 e. The number of nitriles is 1. The molecule has 4 heteroatoms. The molecule has 0 amide bonds. The van der Waals surface area contributed by atoms with E-state index in [4.69, 9.17) is 20.5 Å². The predicted octanol–water partition coefficient (Wildman–Crippen LogP) is 2.65. The van der Waals surface area contributed by atoms with Gasteiger partial charge in [-0.1, -0.05) is 30.3 Å². The number of rotatable bonds is 6. The van der Waals surface area contributed by atoms with Crippen LogP contribution in [0.1, 0.15) is 16.7 Å². The van der Waals surface area contributed by atoms with Gasteiger partial charge in [0.1, 0.15) is 6.61 Å². The zero-order valence-corrected chi connectivity index (χ0v) is 12.0. The average Bonchev–Trinajstić information content (AvgIpc) is 2.54. The molecular formula is C17H18N2O2. The number of methoxy groups -OCH3 is 1. The molecule has 108 valence electrons. The molecule has 21 heavy (non-hydrogen) atoms. The Morgan fingerprint density at radius 3 is 2.57 bits per heavy atom. The standard InChI is InChI=1S/C17H18N2O2/c1-20-16-8-4-7-13(9-10-18)17(16)21-12-15-6-3-2-5-14(15)11-19/h2-8H,9-10,12,18H2,1H3. The summed E-state index contributed by atoms with van der Waals surface area (Å²) < 4.78 is 11.3. The Kier molecular flexibility index (Phi) is 5.19. The van der Waals surface area contributed by atoms with Crippen LogP contribution in [0.3, 0.4) is 0 Å². The first-order valence-corrected chi connectivity index (χ1v) is 6.77. The molecule has 2 rings (SSSR count). The Balaban J connectivity index is 2.25. The first-order valence-electron chi connectivity index (χ1n) is 6.77. The third kappa shape index (κ3) is 3.53. The van der Waals surface area contributed by atoms with E-state index in [1.807, 2.05) is 36.4 Å². The monoisotopic (exact) mass is 282 g/mol. The second-order valence-corrected chi connectivity index (χ2v) is 4.54. The van der Waals surface area contributed by atoms with Crippen LogP contribution in [0.15, 0.2) is 42.5 Å². The van der Waals surface area contributed by atoms with E-state index in [0.29, 0.717) is 36.6 Å². The molecule has 4 nitrogen and oxygen atoms in total. The van der Waals surface area contributed by atoms with Gasteiger partial charge in [-0.25, -0.2) is 0 Å². The number of hydrogen-bond acceptors (Lipinski definition) is 4. The summed E-state index contributed by atoms with van der Waals surface area (Å²) in [6.07, 6.45) is 0.715. The van der Waals surface area contributed by atoms with Gasteiger partial charge in [0.25, 0.3) is 0 Å². The number of nitrogens with zero attached hydrogens (tertiary/aromatic N) is 1. The number of hydrogen-bond donors (Lipinski definition) is 1. The fourth-order valence-corrected chi connectivity index (χ4v) is 2.14. The minimum Gasteiger partial charge on any atom is -0.493 e. The van der Waals surface area contributed by atoms with E-state index < -0.39 is 0 Å². The molecule has 0 fully saturated rings. The van der Waals surface area contributed by atoms with Crippen LogP contribution in [-0.4, -0.2) is 13.7 Å². The number of ether oxygens (including phenoxy) is 2. The number of para-hydroxylation sites is 1. The third-order valence-corrected chi connectivity index (χ3v) is 3.20. The SMILES string of the molecule is COc1cccc(CCN)c1OCc1ccccc1C#N. The van der Waals surface area contributed by atoms with Crippen LogP contribution < -0.4 is 15.2 Å². The van der Waals surface area contributed by atoms with Crippen molar-refractivity contribution in [1.82, 2.24) is 0 Å². The maximum absolute atomic E-state index is 9.11. The first kappa shape index (κ1) is 14.9. The topological polar surface area (TPSA) is 68.3 Å². The van der Waals surface area contributed by atoms with Gasteiger partial charge in [0.15, 0.2) is 11.5 Å². The molecule has 0 saturated carbocycles. The van der Waals surface area contributed by atoms with Gasteiger partial charge in [0.2, 0.25) is 0 Å². The van der Waals surface area contributed by atoms with Crippen molar-refractivity contribution in [2.75, 3.05) is 13.7 Å². The molecule has 0 bridgehead atoms. The Morgan fingerprint density at radius 1 is 1.10 bits per heavy atom. The summed E-state index contributed by atoms with van der Waals surface area (Å²) in [6.45, 7) is 0.861. The van der Waals surface area contributed by atoms with Crippen LogP contribution in [0, 0.1) is 11.3 Å². The zero-order valence-electron chi connectivity index (χ0n) is 12.0. The van der Waals surface area contributed by atoms with Crippen molar-refractivity contribution >= 4 is 0 Å². The second-order valence-electron chi connectivity index (χ2n) is 4.54. The van der Waals surface area contributed by atoms with Gasteiger partial charge in [-0.3, -0.25) is 0 Å². The van der Waals surface area contributed by atoms with Gasteiger partial charge in [-0.05, 0) is 30.7 Å². The summed E-state index contributed by atoms with van der Waals surface area (Å²) in [5.74, 6) is 1.37. The van der Waals surface area contributed by atoms with Crippen LogP contribution in [0.25, 0.3) is 0 Å². The highest BCUT2D eigenvalue weighted by Gasteiger charge is 2.11. The molecule has 0 aliphatic carbocycles. The van der Waals surface area contributed by atoms with Crippen molar-refractivity contribution < 1.29 is 9.47 Å². The molecule has 0 aliphatic rings. The highest BCUT2D eigenvalue weighted by molar-refractivity contribution is 5.47. The Hall–Kier alpha value is -2.51. The molecule has 0 atom stereocenters. The van der Waals surface area contributed by atoms with E-state index in [1.165, 1.54) is 0 Å². The maximum atomic E-state index is 9.11. The number of nitrogens with two attached hydrogens (primary N) is 1.